The Balaban J connectivity index is 1.61. The minimum atomic E-state index is -0.230. The molecule has 162 valence electrons. The smallest absolute Gasteiger partial charge is 0.239 e. The van der Waals surface area contributed by atoms with E-state index in [0.29, 0.717) is 5.96 Å². The van der Waals surface area contributed by atoms with E-state index in [-0.39, 0.29) is 18.0 Å². The van der Waals surface area contributed by atoms with Crippen molar-refractivity contribution < 1.29 is 4.79 Å². The van der Waals surface area contributed by atoms with Gasteiger partial charge in [0.1, 0.15) is 0 Å². The molecule has 1 aromatic rings. The summed E-state index contributed by atoms with van der Waals surface area (Å²) in [5.41, 5.74) is 0.969. The predicted octanol–water partition coefficient (Wildman–Crippen LogP) is 1.93. The van der Waals surface area contributed by atoms with Crippen LogP contribution >= 0.6 is 11.6 Å². The van der Waals surface area contributed by atoms with Gasteiger partial charge in [-0.3, -0.25) is 14.7 Å². The van der Waals surface area contributed by atoms with E-state index < -0.39 is 0 Å². The molecule has 1 saturated heterocycles. The maximum atomic E-state index is 11.9. The SMILES string of the molecule is CN=C(NCCCN1CCN(c2cccc(Cl)c2)CC1)NCC(=O)NC(C)(C)C. The van der Waals surface area contributed by atoms with Crippen LogP contribution in [-0.2, 0) is 4.79 Å². The van der Waals surface area contributed by atoms with E-state index in [4.69, 9.17) is 11.6 Å². The highest BCUT2D eigenvalue weighted by atomic mass is 35.5. The lowest BCUT2D eigenvalue weighted by atomic mass is 10.1. The number of guanidine groups is 1. The summed E-state index contributed by atoms with van der Waals surface area (Å²) in [4.78, 5) is 20.9. The van der Waals surface area contributed by atoms with E-state index in [1.54, 1.807) is 7.05 Å². The minimum absolute atomic E-state index is 0.0435. The lowest BCUT2D eigenvalue weighted by Gasteiger charge is -2.36. The molecule has 0 spiro atoms. The monoisotopic (exact) mass is 422 g/mol. The highest BCUT2D eigenvalue weighted by molar-refractivity contribution is 6.30. The fourth-order valence-corrected chi connectivity index (χ4v) is 3.44. The van der Waals surface area contributed by atoms with Crippen LogP contribution in [0.15, 0.2) is 29.3 Å². The molecule has 1 aliphatic rings. The van der Waals surface area contributed by atoms with Gasteiger partial charge < -0.3 is 20.9 Å². The van der Waals surface area contributed by atoms with Gasteiger partial charge in [0.25, 0.3) is 0 Å². The Morgan fingerprint density at radius 3 is 2.52 bits per heavy atom. The Hall–Kier alpha value is -1.99. The number of amides is 1. The fourth-order valence-electron chi connectivity index (χ4n) is 3.26. The van der Waals surface area contributed by atoms with Crippen LogP contribution in [0.4, 0.5) is 5.69 Å². The minimum Gasteiger partial charge on any atom is -0.369 e. The summed E-state index contributed by atoms with van der Waals surface area (Å²) in [7, 11) is 1.71. The van der Waals surface area contributed by atoms with Gasteiger partial charge in [0.15, 0.2) is 5.96 Å². The van der Waals surface area contributed by atoms with Crippen LogP contribution in [0.5, 0.6) is 0 Å². The molecule has 2 rings (SSSR count). The molecule has 1 heterocycles. The van der Waals surface area contributed by atoms with Crippen molar-refractivity contribution in [1.29, 1.82) is 0 Å². The van der Waals surface area contributed by atoms with Gasteiger partial charge in [0, 0.05) is 56.0 Å². The lowest BCUT2D eigenvalue weighted by Crippen LogP contribution is -2.49. The second-order valence-electron chi connectivity index (χ2n) is 8.31. The molecule has 0 atom stereocenters. The number of hydrogen-bond acceptors (Lipinski definition) is 4. The quantitative estimate of drug-likeness (QED) is 0.356. The van der Waals surface area contributed by atoms with Gasteiger partial charge in [-0.05, 0) is 51.9 Å². The van der Waals surface area contributed by atoms with Gasteiger partial charge in [-0.2, -0.15) is 0 Å². The molecule has 3 N–H and O–H groups in total. The number of piperazine rings is 1. The predicted molar refractivity (Wildman–Crippen MR) is 122 cm³/mol. The summed E-state index contributed by atoms with van der Waals surface area (Å²) in [6, 6.07) is 8.06. The average molecular weight is 423 g/mol. The van der Waals surface area contributed by atoms with Crippen molar-refractivity contribution in [1.82, 2.24) is 20.9 Å². The summed E-state index contributed by atoms with van der Waals surface area (Å²) < 4.78 is 0. The van der Waals surface area contributed by atoms with Gasteiger partial charge in [-0.15, -0.1) is 0 Å². The molecular weight excluding hydrogens is 388 g/mol. The van der Waals surface area contributed by atoms with E-state index >= 15 is 0 Å². The first-order valence-electron chi connectivity index (χ1n) is 10.3. The number of nitrogens with zero attached hydrogens (tertiary/aromatic N) is 3. The number of nitrogens with one attached hydrogen (secondary N) is 3. The Labute approximate surface area is 179 Å². The van der Waals surface area contributed by atoms with Gasteiger partial charge in [0.2, 0.25) is 5.91 Å². The van der Waals surface area contributed by atoms with Crippen LogP contribution in [0.25, 0.3) is 0 Å². The first-order valence-corrected chi connectivity index (χ1v) is 10.6. The molecular formula is C21H35ClN6O. The standard InChI is InChI=1S/C21H35ClN6O/c1-21(2,3)26-19(29)16-25-20(23-4)24-9-6-10-27-11-13-28(14-12-27)18-8-5-7-17(22)15-18/h5,7-8,15H,6,9-14,16H2,1-4H3,(H,26,29)(H2,23,24,25). The largest absolute Gasteiger partial charge is 0.369 e. The van der Waals surface area contributed by atoms with E-state index in [1.807, 2.05) is 39.0 Å². The topological polar surface area (TPSA) is 72.0 Å². The molecule has 0 aromatic heterocycles. The summed E-state index contributed by atoms with van der Waals surface area (Å²) in [6.45, 7) is 12.1. The normalized spacial score (nSPS) is 15.9. The Bertz CT molecular complexity index is 680. The molecule has 0 saturated carbocycles. The summed E-state index contributed by atoms with van der Waals surface area (Å²) in [6.07, 6.45) is 1.02. The first-order chi connectivity index (χ1) is 13.8. The summed E-state index contributed by atoms with van der Waals surface area (Å²) in [5.74, 6) is 0.609. The average Bonchev–Trinajstić information content (AvgIpc) is 2.66. The van der Waals surface area contributed by atoms with Gasteiger partial charge in [0.05, 0.1) is 6.54 Å². The van der Waals surface area contributed by atoms with E-state index in [9.17, 15) is 4.79 Å². The number of aliphatic imine (C=N–C) groups is 1. The molecule has 0 bridgehead atoms. The molecule has 1 fully saturated rings. The van der Waals surface area contributed by atoms with Crippen molar-refractivity contribution in [2.75, 3.05) is 57.8 Å². The Kier molecular flexibility index (Phi) is 9.04. The van der Waals surface area contributed by atoms with Crippen molar-refractivity contribution in [3.63, 3.8) is 0 Å². The third-order valence-corrected chi connectivity index (χ3v) is 4.88. The van der Waals surface area contributed by atoms with Crippen molar-refractivity contribution >= 4 is 29.2 Å². The van der Waals surface area contributed by atoms with Crippen LogP contribution in [0.2, 0.25) is 5.02 Å². The number of carbonyl (C=O) groups excluding carboxylic acids is 1. The molecule has 1 amide bonds. The maximum absolute atomic E-state index is 11.9. The lowest BCUT2D eigenvalue weighted by molar-refractivity contribution is -0.121. The van der Waals surface area contributed by atoms with Crippen molar-refractivity contribution in [2.24, 2.45) is 4.99 Å². The molecule has 29 heavy (non-hydrogen) atoms. The maximum Gasteiger partial charge on any atom is 0.239 e. The van der Waals surface area contributed by atoms with Gasteiger partial charge >= 0.3 is 0 Å². The number of anilines is 1. The molecule has 0 unspecified atom stereocenters. The molecule has 0 radical (unpaired) electrons. The Morgan fingerprint density at radius 1 is 1.17 bits per heavy atom. The van der Waals surface area contributed by atoms with Crippen LogP contribution in [0.1, 0.15) is 27.2 Å². The van der Waals surface area contributed by atoms with E-state index in [1.165, 1.54) is 5.69 Å². The molecule has 0 aliphatic carbocycles. The molecule has 7 nitrogen and oxygen atoms in total. The van der Waals surface area contributed by atoms with Crippen molar-refractivity contribution in [2.45, 2.75) is 32.7 Å². The number of benzene rings is 1. The Morgan fingerprint density at radius 2 is 1.90 bits per heavy atom. The van der Waals surface area contributed by atoms with Crippen LogP contribution in [0.3, 0.4) is 0 Å². The highest BCUT2D eigenvalue weighted by Crippen LogP contribution is 2.20. The van der Waals surface area contributed by atoms with Crippen LogP contribution in [-0.4, -0.2) is 75.2 Å². The van der Waals surface area contributed by atoms with Crippen molar-refractivity contribution in [3.05, 3.63) is 29.3 Å². The molecule has 1 aliphatic heterocycles. The zero-order chi connectivity index (χ0) is 21.3. The summed E-state index contributed by atoms with van der Waals surface area (Å²) in [5, 5.41) is 10.0. The second-order valence-corrected chi connectivity index (χ2v) is 8.75. The molecule has 1 aromatic carbocycles. The number of hydrogen-bond donors (Lipinski definition) is 3. The van der Waals surface area contributed by atoms with E-state index in [2.05, 4.69) is 36.8 Å². The first kappa shape index (κ1) is 23.3. The zero-order valence-electron chi connectivity index (χ0n) is 18.1. The van der Waals surface area contributed by atoms with Crippen molar-refractivity contribution in [3.8, 4) is 0 Å². The van der Waals surface area contributed by atoms with Crippen LogP contribution < -0.4 is 20.9 Å². The number of rotatable bonds is 7. The van der Waals surface area contributed by atoms with Crippen LogP contribution in [0, 0.1) is 0 Å². The van der Waals surface area contributed by atoms with Gasteiger partial charge in [-0.25, -0.2) is 0 Å². The van der Waals surface area contributed by atoms with E-state index in [0.717, 1.165) is 50.7 Å². The third kappa shape index (κ3) is 8.92. The number of halogens is 1. The molecule has 8 heteroatoms. The highest BCUT2D eigenvalue weighted by Gasteiger charge is 2.17. The third-order valence-electron chi connectivity index (χ3n) is 4.64. The number of carbonyl (C=O) groups is 1. The fraction of sp³-hybridized carbons (Fsp3) is 0.619. The summed E-state index contributed by atoms with van der Waals surface area (Å²) >= 11 is 6.10. The van der Waals surface area contributed by atoms with Gasteiger partial charge in [-0.1, -0.05) is 17.7 Å². The zero-order valence-corrected chi connectivity index (χ0v) is 18.9. The second kappa shape index (κ2) is 11.3.